The van der Waals surface area contributed by atoms with Crippen LogP contribution in [0.15, 0.2) is 12.2 Å². The fraction of sp³-hybridized carbons (Fsp3) is 0.803. The molecule has 522 valence electrons. The lowest BCUT2D eigenvalue weighted by atomic mass is 9.91. The van der Waals surface area contributed by atoms with Crippen LogP contribution in [0.25, 0.3) is 0 Å². The first-order valence-electron chi connectivity index (χ1n) is 32.5. The molecule has 0 saturated carbocycles. The number of nitrogens with zero attached hydrogens (tertiary/aromatic N) is 7. The number of rotatable bonds is 18. The van der Waals surface area contributed by atoms with Gasteiger partial charge in [0.1, 0.15) is 66.5 Å². The molecule has 14 atom stereocenters. The Morgan fingerprint density at radius 2 is 0.934 bits per heavy atom. The van der Waals surface area contributed by atoms with Crippen molar-refractivity contribution in [2.45, 2.75) is 242 Å². The second-order valence-corrected chi connectivity index (χ2v) is 28.1. The number of nitrogens with one attached hydrogen (secondary N) is 4. The third kappa shape index (κ3) is 23.4. The molecule has 11 amide bonds. The molecule has 0 spiro atoms. The van der Waals surface area contributed by atoms with Gasteiger partial charge >= 0.3 is 0 Å². The van der Waals surface area contributed by atoms with Gasteiger partial charge < -0.3 is 70.5 Å². The summed E-state index contributed by atoms with van der Waals surface area (Å²) in [5, 5.41) is 33.7. The van der Waals surface area contributed by atoms with Crippen LogP contribution in [0.2, 0.25) is 0 Å². The molecule has 0 unspecified atom stereocenters. The summed E-state index contributed by atoms with van der Waals surface area (Å²) in [4.78, 5) is 171. The molecule has 25 heteroatoms. The van der Waals surface area contributed by atoms with E-state index in [1.54, 1.807) is 67.5 Å². The Bertz CT molecular complexity index is 2500. The first kappa shape index (κ1) is 82.8. The van der Waals surface area contributed by atoms with Gasteiger partial charge in [-0.2, -0.15) is 0 Å². The zero-order valence-electron chi connectivity index (χ0n) is 60.0. The Labute approximate surface area is 544 Å². The van der Waals surface area contributed by atoms with Gasteiger partial charge in [-0.1, -0.05) is 102 Å². The van der Waals surface area contributed by atoms with Crippen molar-refractivity contribution in [3.63, 3.8) is 0 Å². The van der Waals surface area contributed by atoms with Gasteiger partial charge in [-0.3, -0.25) is 52.7 Å². The van der Waals surface area contributed by atoms with Crippen LogP contribution in [0.3, 0.4) is 0 Å². The van der Waals surface area contributed by atoms with Crippen molar-refractivity contribution < 1.29 is 67.7 Å². The lowest BCUT2D eigenvalue weighted by Gasteiger charge is -2.41. The molecular weight excluding hydrogens is 1170 g/mol. The van der Waals surface area contributed by atoms with Crippen molar-refractivity contribution in [1.82, 2.24) is 55.6 Å². The maximum Gasteiger partial charge on any atom is 0.246 e. The smallest absolute Gasteiger partial charge is 0.246 e. The molecule has 0 aliphatic carbocycles. The number of carbonyl (C=O) groups excluding carboxylic acids is 11. The summed E-state index contributed by atoms with van der Waals surface area (Å²) in [6.45, 7) is 31.8. The number of carbonyl (C=O) groups is 11. The standard InChI is InChI=1S/C66H119N11O14/c1-27-29-30-41(13)54(78)53-58(82)69-46(28-2)61(85)71(20)45(17)60(84)76(25)52(42(14)34-91-35-66(18,19)90)57(81)70-50(39(9)10)64(88)72(21)47(31-36(3)4)56(80)67-43(15)55(79)68-44(16)59(83)73(22)48(32-37(5)6)62(86)74(23)49(33-38(7)8)63(87)75(24)51(40(11)12)65(89)77(53)26/h27,29,36-54,78,90H,28,30-35H2,1-26H3,(H,67,80)(H,68,79)(H,69,82)(H,70,81)/b29-27+/t41-,42-,43+,44-,45-,46+,47+,48+,49+,50+,51+,52+,53+,54-/m1/s1. The monoisotopic (exact) mass is 1290 g/mol. The van der Waals surface area contributed by atoms with Crippen LogP contribution in [-0.2, 0) is 57.5 Å². The average Bonchev–Trinajstić information content (AvgIpc) is 1.07. The Kier molecular flexibility index (Phi) is 33.6. The molecule has 1 rings (SSSR count). The zero-order valence-corrected chi connectivity index (χ0v) is 60.0. The Balaban J connectivity index is 4.46. The number of hydrogen-bond donors (Lipinski definition) is 6. The molecule has 0 radical (unpaired) electrons. The van der Waals surface area contributed by atoms with E-state index in [2.05, 4.69) is 21.3 Å². The summed E-state index contributed by atoms with van der Waals surface area (Å²) in [6.07, 6.45) is 2.69. The number of ether oxygens (including phenoxy) is 1. The third-order valence-corrected chi connectivity index (χ3v) is 17.2. The van der Waals surface area contributed by atoms with Crippen LogP contribution in [0.5, 0.6) is 0 Å². The van der Waals surface area contributed by atoms with E-state index < -0.39 is 167 Å². The summed E-state index contributed by atoms with van der Waals surface area (Å²) in [5.41, 5.74) is -1.27. The highest BCUT2D eigenvalue weighted by Crippen LogP contribution is 2.26. The van der Waals surface area contributed by atoms with Gasteiger partial charge in [0.15, 0.2) is 0 Å². The molecule has 1 saturated heterocycles. The largest absolute Gasteiger partial charge is 0.390 e. The first-order valence-corrected chi connectivity index (χ1v) is 32.5. The molecule has 1 aliphatic rings. The molecule has 6 N–H and O–H groups in total. The number of aliphatic hydroxyl groups is 2. The van der Waals surface area contributed by atoms with Crippen LogP contribution < -0.4 is 21.3 Å². The van der Waals surface area contributed by atoms with Crippen LogP contribution in [0.4, 0.5) is 0 Å². The highest BCUT2D eigenvalue weighted by molar-refractivity contribution is 6.00. The van der Waals surface area contributed by atoms with E-state index in [0.717, 1.165) is 14.7 Å². The fourth-order valence-corrected chi connectivity index (χ4v) is 11.4. The van der Waals surface area contributed by atoms with Crippen molar-refractivity contribution in [2.24, 2.45) is 41.4 Å². The van der Waals surface area contributed by atoms with E-state index in [1.807, 2.05) is 41.5 Å². The van der Waals surface area contributed by atoms with Crippen LogP contribution in [0, 0.1) is 41.4 Å². The number of allylic oxidation sites excluding steroid dienone is 2. The molecule has 0 bridgehead atoms. The van der Waals surface area contributed by atoms with Gasteiger partial charge in [0.05, 0.1) is 24.9 Å². The SMILES string of the molecule is C/C=C/C[C@@H](C)[C@@H](O)[C@H]1C(=O)N[C@@H](CC)C(=O)N(C)[C@H](C)C(=O)N(C)[C@@H]([C@H](C)COCC(C)(C)O)C(=O)N[C@@H](C(C)C)C(=O)N(C)[C@@H](CC(C)C)C(=O)N[C@@H](C)C(=O)N[C@H](C)C(=O)N(C)[C@@H](CC(C)C)C(=O)N(C)[C@@H](CC(C)C)C(=O)N(C)[C@@H](C(C)C)C(=O)N1C. The molecule has 1 aliphatic heterocycles. The van der Waals surface area contributed by atoms with Crippen LogP contribution in [-0.4, -0.2) is 250 Å². The summed E-state index contributed by atoms with van der Waals surface area (Å²) in [7, 11) is 9.78. The van der Waals surface area contributed by atoms with E-state index in [4.69, 9.17) is 4.74 Å². The normalized spacial score (nSPS) is 27.2. The molecular formula is C66H119N11O14. The maximum absolute atomic E-state index is 15.2. The van der Waals surface area contributed by atoms with Crippen molar-refractivity contribution in [3.8, 4) is 0 Å². The second-order valence-electron chi connectivity index (χ2n) is 28.1. The minimum absolute atomic E-state index is 0.0238. The molecule has 0 aromatic rings. The van der Waals surface area contributed by atoms with E-state index in [0.29, 0.717) is 0 Å². The first-order chi connectivity index (χ1) is 41.8. The number of amides is 11. The average molecular weight is 1290 g/mol. The molecule has 25 nitrogen and oxygen atoms in total. The van der Waals surface area contributed by atoms with Gasteiger partial charge in [0.25, 0.3) is 0 Å². The summed E-state index contributed by atoms with van der Waals surface area (Å²) in [6, 6.07) is -14.3. The topological polar surface area (TPSA) is 308 Å². The molecule has 0 aromatic heterocycles. The molecule has 1 fully saturated rings. The lowest BCUT2D eigenvalue weighted by Crippen LogP contribution is -2.64. The molecule has 0 aromatic carbocycles. The van der Waals surface area contributed by atoms with Gasteiger partial charge in [0.2, 0.25) is 65.0 Å². The van der Waals surface area contributed by atoms with Gasteiger partial charge in [0, 0.05) is 55.3 Å². The summed E-state index contributed by atoms with van der Waals surface area (Å²) in [5.74, 6) is -11.1. The van der Waals surface area contributed by atoms with Crippen molar-refractivity contribution in [3.05, 3.63) is 12.2 Å². The van der Waals surface area contributed by atoms with Gasteiger partial charge in [-0.05, 0) is 109 Å². The number of hydrogen-bond acceptors (Lipinski definition) is 14. The Hall–Kier alpha value is -6.21. The third-order valence-electron chi connectivity index (χ3n) is 17.2. The zero-order chi connectivity index (χ0) is 70.8. The highest BCUT2D eigenvalue weighted by Gasteiger charge is 2.46. The van der Waals surface area contributed by atoms with Gasteiger partial charge in [-0.15, -0.1) is 0 Å². The van der Waals surface area contributed by atoms with Crippen molar-refractivity contribution >= 4 is 65.0 Å². The van der Waals surface area contributed by atoms with Crippen LogP contribution >= 0.6 is 0 Å². The molecule has 91 heavy (non-hydrogen) atoms. The minimum atomic E-state index is -1.65. The molecule has 1 heterocycles. The van der Waals surface area contributed by atoms with Crippen molar-refractivity contribution in [2.75, 3.05) is 62.5 Å². The lowest BCUT2D eigenvalue weighted by molar-refractivity contribution is -0.157. The minimum Gasteiger partial charge on any atom is -0.390 e. The van der Waals surface area contributed by atoms with E-state index in [-0.39, 0.29) is 63.1 Å². The quantitative estimate of drug-likeness (QED) is 0.108. The second kappa shape index (κ2) is 36.9. The highest BCUT2D eigenvalue weighted by atomic mass is 16.5. The van der Waals surface area contributed by atoms with E-state index in [1.165, 1.54) is 104 Å². The van der Waals surface area contributed by atoms with E-state index in [9.17, 15) is 48.6 Å². The summed E-state index contributed by atoms with van der Waals surface area (Å²) >= 11 is 0. The summed E-state index contributed by atoms with van der Waals surface area (Å²) < 4.78 is 5.86. The van der Waals surface area contributed by atoms with Crippen LogP contribution in [0.1, 0.15) is 164 Å². The Morgan fingerprint density at radius 3 is 1.40 bits per heavy atom. The predicted molar refractivity (Wildman–Crippen MR) is 350 cm³/mol. The Morgan fingerprint density at radius 1 is 0.495 bits per heavy atom. The maximum atomic E-state index is 15.2. The number of likely N-dealkylation sites (N-methyl/N-ethyl adjacent to an activating group) is 7. The fourth-order valence-electron chi connectivity index (χ4n) is 11.4. The van der Waals surface area contributed by atoms with Crippen molar-refractivity contribution in [1.29, 1.82) is 0 Å². The number of aliphatic hydroxyl groups excluding tert-OH is 1. The van der Waals surface area contributed by atoms with Gasteiger partial charge in [-0.25, -0.2) is 0 Å². The predicted octanol–water partition coefficient (Wildman–Crippen LogP) is 3.03. The van der Waals surface area contributed by atoms with E-state index >= 15 is 14.4 Å².